The molecule has 88 valence electrons. The highest BCUT2D eigenvalue weighted by Gasteiger charge is 2.17. The Kier molecular flexibility index (Phi) is 4.60. The number of carbonyl (C=O) groups is 1. The molecule has 1 atom stereocenters. The number of hydrogen-bond acceptors (Lipinski definition) is 5. The van der Waals surface area contributed by atoms with Crippen LogP contribution in [0.2, 0.25) is 5.15 Å². The third-order valence-corrected chi connectivity index (χ3v) is 2.04. The monoisotopic (exact) mass is 244 g/mol. The maximum Gasteiger partial charge on any atom is 0.257 e. The molecule has 1 unspecified atom stereocenters. The number of methoxy groups -OCH3 is 1. The summed E-state index contributed by atoms with van der Waals surface area (Å²) in [5.74, 6) is -0.253. The second-order valence-electron chi connectivity index (χ2n) is 3.10. The second kappa shape index (κ2) is 5.74. The Labute approximate surface area is 98.2 Å². The Bertz CT molecular complexity index is 362. The number of amides is 1. The molecule has 0 fully saturated rings. The summed E-state index contributed by atoms with van der Waals surface area (Å²) in [4.78, 5) is 19.4. The molecule has 1 aromatic heterocycles. The van der Waals surface area contributed by atoms with Crippen LogP contribution in [0.25, 0.3) is 0 Å². The minimum Gasteiger partial charge on any atom is -0.370 e. The second-order valence-corrected chi connectivity index (χ2v) is 3.49. The summed E-state index contributed by atoms with van der Waals surface area (Å²) in [7, 11) is 1.40. The fourth-order valence-electron chi connectivity index (χ4n) is 1.09. The average molecular weight is 245 g/mol. The van der Waals surface area contributed by atoms with Crippen molar-refractivity contribution in [3.63, 3.8) is 0 Å². The van der Waals surface area contributed by atoms with Crippen LogP contribution in [0.15, 0.2) is 6.07 Å². The van der Waals surface area contributed by atoms with Crippen molar-refractivity contribution in [2.24, 2.45) is 5.73 Å². The summed E-state index contributed by atoms with van der Waals surface area (Å²) >= 11 is 5.72. The van der Waals surface area contributed by atoms with Gasteiger partial charge >= 0.3 is 0 Å². The van der Waals surface area contributed by atoms with Crippen LogP contribution in [0.4, 0.5) is 5.95 Å². The fraction of sp³-hybridized carbons (Fsp3) is 0.444. The van der Waals surface area contributed by atoms with Crippen LogP contribution in [-0.4, -0.2) is 35.6 Å². The molecular formula is C9H13ClN4O2. The number of aryl methyl sites for hydroxylation is 1. The Morgan fingerprint density at radius 3 is 2.88 bits per heavy atom. The quantitative estimate of drug-likeness (QED) is 0.746. The van der Waals surface area contributed by atoms with Crippen molar-refractivity contribution in [3.05, 3.63) is 16.9 Å². The third kappa shape index (κ3) is 3.41. The van der Waals surface area contributed by atoms with Crippen LogP contribution in [0.1, 0.15) is 5.69 Å². The molecule has 0 aliphatic rings. The van der Waals surface area contributed by atoms with Gasteiger partial charge < -0.3 is 10.5 Å². The normalized spacial score (nSPS) is 12.2. The lowest BCUT2D eigenvalue weighted by Gasteiger charge is -2.12. The molecule has 1 aromatic rings. The van der Waals surface area contributed by atoms with Crippen molar-refractivity contribution < 1.29 is 9.53 Å². The number of nitrogens with zero attached hydrogens (tertiary/aromatic N) is 2. The van der Waals surface area contributed by atoms with E-state index in [1.54, 1.807) is 13.0 Å². The lowest BCUT2D eigenvalue weighted by molar-refractivity contribution is -0.125. The van der Waals surface area contributed by atoms with Crippen molar-refractivity contribution in [1.82, 2.24) is 9.97 Å². The third-order valence-electron chi connectivity index (χ3n) is 1.85. The average Bonchev–Trinajstić information content (AvgIpc) is 2.17. The minimum absolute atomic E-state index is 0.0852. The smallest absolute Gasteiger partial charge is 0.257 e. The fourth-order valence-corrected chi connectivity index (χ4v) is 1.32. The molecule has 0 aliphatic heterocycles. The van der Waals surface area contributed by atoms with Gasteiger partial charge in [-0.3, -0.25) is 10.1 Å². The molecule has 0 aliphatic carbocycles. The Morgan fingerprint density at radius 1 is 1.69 bits per heavy atom. The van der Waals surface area contributed by atoms with Crippen LogP contribution in [0, 0.1) is 6.92 Å². The van der Waals surface area contributed by atoms with Gasteiger partial charge in [0.05, 0.1) is 0 Å². The first-order valence-electron chi connectivity index (χ1n) is 4.61. The van der Waals surface area contributed by atoms with Crippen molar-refractivity contribution in [3.8, 4) is 0 Å². The van der Waals surface area contributed by atoms with Crippen LogP contribution in [0.3, 0.4) is 0 Å². The maximum absolute atomic E-state index is 11.6. The maximum atomic E-state index is 11.6. The van der Waals surface area contributed by atoms with Gasteiger partial charge in [-0.1, -0.05) is 11.6 Å². The number of hydrogen-bond donors (Lipinski definition) is 2. The van der Waals surface area contributed by atoms with Crippen molar-refractivity contribution in [1.29, 1.82) is 0 Å². The molecule has 6 nitrogen and oxygen atoms in total. The predicted octanol–water partition coefficient (Wildman–Crippen LogP) is 0.351. The van der Waals surface area contributed by atoms with Gasteiger partial charge in [-0.25, -0.2) is 9.97 Å². The van der Waals surface area contributed by atoms with Crippen LogP contribution >= 0.6 is 11.6 Å². The lowest BCUT2D eigenvalue weighted by Crippen LogP contribution is -2.36. The molecule has 0 spiro atoms. The van der Waals surface area contributed by atoms with Crippen LogP contribution in [0.5, 0.6) is 0 Å². The summed E-state index contributed by atoms with van der Waals surface area (Å²) < 4.78 is 4.87. The zero-order valence-electron chi connectivity index (χ0n) is 9.03. The number of nitrogens with one attached hydrogen (secondary N) is 1. The Balaban J connectivity index is 2.76. The molecule has 0 saturated carbocycles. The van der Waals surface area contributed by atoms with Gasteiger partial charge in [-0.2, -0.15) is 0 Å². The van der Waals surface area contributed by atoms with E-state index in [1.165, 1.54) is 7.11 Å². The molecule has 7 heteroatoms. The zero-order chi connectivity index (χ0) is 12.1. The summed E-state index contributed by atoms with van der Waals surface area (Å²) in [6, 6.07) is 1.59. The first-order valence-corrected chi connectivity index (χ1v) is 4.99. The van der Waals surface area contributed by atoms with Gasteiger partial charge in [0.2, 0.25) is 5.95 Å². The molecular weight excluding hydrogens is 232 g/mol. The first-order chi connectivity index (χ1) is 7.56. The Morgan fingerprint density at radius 2 is 2.38 bits per heavy atom. The number of ether oxygens (including phenoxy) is 1. The van der Waals surface area contributed by atoms with E-state index in [0.717, 1.165) is 0 Å². The van der Waals surface area contributed by atoms with Crippen molar-refractivity contribution in [2.45, 2.75) is 13.0 Å². The Hall–Kier alpha value is -1.24. The minimum atomic E-state index is -0.720. The highest BCUT2D eigenvalue weighted by Crippen LogP contribution is 2.09. The van der Waals surface area contributed by atoms with E-state index in [0.29, 0.717) is 5.69 Å². The van der Waals surface area contributed by atoms with E-state index in [9.17, 15) is 4.79 Å². The molecule has 0 saturated heterocycles. The number of halogens is 1. The first kappa shape index (κ1) is 12.8. The van der Waals surface area contributed by atoms with Gasteiger partial charge in [0.1, 0.15) is 11.3 Å². The van der Waals surface area contributed by atoms with Crippen LogP contribution < -0.4 is 11.1 Å². The number of nitrogens with two attached hydrogens (primary N) is 1. The number of aromatic nitrogens is 2. The number of anilines is 1. The van der Waals surface area contributed by atoms with E-state index in [1.807, 2.05) is 0 Å². The summed E-state index contributed by atoms with van der Waals surface area (Å²) in [5, 5.41) is 2.74. The summed E-state index contributed by atoms with van der Waals surface area (Å²) in [6.45, 7) is 1.84. The number of carbonyl (C=O) groups excluding carboxylic acids is 1. The van der Waals surface area contributed by atoms with Gasteiger partial charge in [-0.15, -0.1) is 0 Å². The topological polar surface area (TPSA) is 90.1 Å². The molecule has 0 bridgehead atoms. The van der Waals surface area contributed by atoms with E-state index in [4.69, 9.17) is 22.1 Å². The molecule has 1 heterocycles. The summed E-state index contributed by atoms with van der Waals surface area (Å²) in [6.07, 6.45) is -0.720. The van der Waals surface area contributed by atoms with E-state index < -0.39 is 12.0 Å². The zero-order valence-corrected chi connectivity index (χ0v) is 9.78. The highest BCUT2D eigenvalue weighted by atomic mass is 35.5. The molecule has 16 heavy (non-hydrogen) atoms. The molecule has 0 radical (unpaired) electrons. The molecule has 1 amide bonds. The predicted molar refractivity (Wildman–Crippen MR) is 60.3 cm³/mol. The SMILES string of the molecule is COC(CN)C(=O)Nc1nc(C)cc(Cl)n1. The van der Waals surface area contributed by atoms with Gasteiger partial charge in [0, 0.05) is 19.3 Å². The largest absolute Gasteiger partial charge is 0.370 e. The number of rotatable bonds is 4. The van der Waals surface area contributed by atoms with Gasteiger partial charge in [0.15, 0.2) is 0 Å². The van der Waals surface area contributed by atoms with Gasteiger partial charge in [-0.05, 0) is 13.0 Å². The van der Waals surface area contributed by atoms with Crippen molar-refractivity contribution in [2.75, 3.05) is 19.0 Å². The standard InChI is InChI=1S/C9H13ClN4O2/c1-5-3-7(10)13-9(12-5)14-8(15)6(4-11)16-2/h3,6H,4,11H2,1-2H3,(H,12,13,14,15). The van der Waals surface area contributed by atoms with E-state index in [-0.39, 0.29) is 17.6 Å². The van der Waals surface area contributed by atoms with E-state index >= 15 is 0 Å². The molecule has 3 N–H and O–H groups in total. The van der Waals surface area contributed by atoms with Crippen LogP contribution in [-0.2, 0) is 9.53 Å². The summed E-state index contributed by atoms with van der Waals surface area (Å²) in [5.41, 5.74) is 6.01. The van der Waals surface area contributed by atoms with Crippen molar-refractivity contribution >= 4 is 23.5 Å². The molecule has 1 rings (SSSR count). The highest BCUT2D eigenvalue weighted by molar-refractivity contribution is 6.29. The van der Waals surface area contributed by atoms with Gasteiger partial charge in [0.25, 0.3) is 5.91 Å². The van der Waals surface area contributed by atoms with E-state index in [2.05, 4.69) is 15.3 Å². The lowest BCUT2D eigenvalue weighted by atomic mass is 10.3. The molecule has 0 aromatic carbocycles.